The fraction of sp³-hybridized carbons (Fsp3) is 0.385. The highest BCUT2D eigenvalue weighted by molar-refractivity contribution is 6.31. The van der Waals surface area contributed by atoms with Crippen LogP contribution in [0.4, 0.5) is 0 Å². The second kappa shape index (κ2) is 6.14. The Morgan fingerprint density at radius 2 is 2.32 bits per heavy atom. The molecule has 0 bridgehead atoms. The quantitative estimate of drug-likeness (QED) is 0.909. The van der Waals surface area contributed by atoms with E-state index in [1.54, 1.807) is 24.2 Å². The van der Waals surface area contributed by atoms with Crippen LogP contribution in [-0.4, -0.2) is 28.5 Å². The first-order valence-corrected chi connectivity index (χ1v) is 6.39. The van der Waals surface area contributed by atoms with Gasteiger partial charge in [-0.3, -0.25) is 9.67 Å². The molecule has 2 aromatic rings. The maximum Gasteiger partial charge on any atom is 0.0837 e. The predicted molar refractivity (Wildman–Crippen MR) is 74.1 cm³/mol. The summed E-state index contributed by atoms with van der Waals surface area (Å²) in [5.74, 6) is 0. The van der Waals surface area contributed by atoms with Gasteiger partial charge in [-0.25, -0.2) is 0 Å². The summed E-state index contributed by atoms with van der Waals surface area (Å²) in [6.45, 7) is 3.11. The molecule has 0 saturated carbocycles. The first kappa shape index (κ1) is 14.0. The molecule has 2 N–H and O–H groups in total. The summed E-state index contributed by atoms with van der Waals surface area (Å²) in [7, 11) is 1.65. The second-order valence-corrected chi connectivity index (χ2v) is 4.71. The molecule has 6 heteroatoms. The third kappa shape index (κ3) is 3.12. The van der Waals surface area contributed by atoms with E-state index in [1.165, 1.54) is 0 Å². The molecule has 0 fully saturated rings. The molecule has 2 aromatic heterocycles. The lowest BCUT2D eigenvalue weighted by molar-refractivity contribution is 0.182. The van der Waals surface area contributed by atoms with Crippen molar-refractivity contribution in [1.29, 1.82) is 0 Å². The van der Waals surface area contributed by atoms with E-state index in [0.29, 0.717) is 18.2 Å². The minimum Gasteiger partial charge on any atom is -0.383 e. The fourth-order valence-electron chi connectivity index (χ4n) is 1.96. The van der Waals surface area contributed by atoms with Gasteiger partial charge in [0, 0.05) is 19.0 Å². The number of hydrogen-bond donors (Lipinski definition) is 1. The Balaban J connectivity index is 2.32. The Kier molecular flexibility index (Phi) is 4.52. The van der Waals surface area contributed by atoms with E-state index < -0.39 is 0 Å². The Morgan fingerprint density at radius 1 is 1.53 bits per heavy atom. The zero-order valence-corrected chi connectivity index (χ0v) is 11.8. The van der Waals surface area contributed by atoms with Gasteiger partial charge in [-0.2, -0.15) is 5.10 Å². The van der Waals surface area contributed by atoms with Crippen LogP contribution in [0, 0.1) is 6.92 Å². The number of pyridine rings is 1. The standard InChI is InChI=1S/C13H17ClN4O/c1-9-7-10(3-4-16-9)12(15)13-11(14)8-17-18(13)5-6-19-2/h3-4,7-8,12H,5-6,15H2,1-2H3. The third-order valence-electron chi connectivity index (χ3n) is 2.91. The van der Waals surface area contributed by atoms with Crippen LogP contribution < -0.4 is 5.73 Å². The lowest BCUT2D eigenvalue weighted by Gasteiger charge is -2.15. The number of ether oxygens (including phenoxy) is 1. The van der Waals surface area contributed by atoms with Gasteiger partial charge < -0.3 is 10.5 Å². The molecule has 1 unspecified atom stereocenters. The van der Waals surface area contributed by atoms with Crippen molar-refractivity contribution in [2.24, 2.45) is 5.73 Å². The zero-order valence-electron chi connectivity index (χ0n) is 11.0. The van der Waals surface area contributed by atoms with Crippen LogP contribution >= 0.6 is 11.6 Å². The highest BCUT2D eigenvalue weighted by atomic mass is 35.5. The Morgan fingerprint density at radius 3 is 3.00 bits per heavy atom. The number of nitrogens with two attached hydrogens (primary N) is 1. The molecule has 102 valence electrons. The van der Waals surface area contributed by atoms with Crippen molar-refractivity contribution in [2.75, 3.05) is 13.7 Å². The summed E-state index contributed by atoms with van der Waals surface area (Å²) < 4.78 is 6.84. The van der Waals surface area contributed by atoms with Crippen LogP contribution in [0.1, 0.15) is 23.0 Å². The van der Waals surface area contributed by atoms with Gasteiger partial charge in [0.15, 0.2) is 0 Å². The number of methoxy groups -OCH3 is 1. The molecule has 2 rings (SSSR count). The summed E-state index contributed by atoms with van der Waals surface area (Å²) in [5, 5.41) is 4.80. The van der Waals surface area contributed by atoms with E-state index in [9.17, 15) is 0 Å². The van der Waals surface area contributed by atoms with E-state index in [-0.39, 0.29) is 6.04 Å². The van der Waals surface area contributed by atoms with Gasteiger partial charge in [0.25, 0.3) is 0 Å². The second-order valence-electron chi connectivity index (χ2n) is 4.30. The van der Waals surface area contributed by atoms with E-state index in [0.717, 1.165) is 17.0 Å². The van der Waals surface area contributed by atoms with E-state index >= 15 is 0 Å². The molecule has 0 aliphatic rings. The average Bonchev–Trinajstić information content (AvgIpc) is 2.76. The van der Waals surface area contributed by atoms with Crippen molar-refractivity contribution in [3.63, 3.8) is 0 Å². The van der Waals surface area contributed by atoms with E-state index in [1.807, 2.05) is 19.1 Å². The normalized spacial score (nSPS) is 12.6. The molecular weight excluding hydrogens is 264 g/mol. The smallest absolute Gasteiger partial charge is 0.0837 e. The number of hydrogen-bond acceptors (Lipinski definition) is 4. The number of halogens is 1. The third-order valence-corrected chi connectivity index (χ3v) is 3.21. The Labute approximate surface area is 117 Å². The lowest BCUT2D eigenvalue weighted by Crippen LogP contribution is -2.19. The van der Waals surface area contributed by atoms with Gasteiger partial charge in [-0.05, 0) is 24.6 Å². The molecule has 1 atom stereocenters. The van der Waals surface area contributed by atoms with Crippen LogP contribution in [0.5, 0.6) is 0 Å². The van der Waals surface area contributed by atoms with Crippen LogP contribution in [-0.2, 0) is 11.3 Å². The van der Waals surface area contributed by atoms with Gasteiger partial charge >= 0.3 is 0 Å². The van der Waals surface area contributed by atoms with Crippen molar-refractivity contribution in [1.82, 2.24) is 14.8 Å². The molecule has 0 saturated heterocycles. The van der Waals surface area contributed by atoms with E-state index in [2.05, 4.69) is 10.1 Å². The maximum absolute atomic E-state index is 6.29. The maximum atomic E-state index is 6.29. The van der Waals surface area contributed by atoms with Crippen LogP contribution in [0.3, 0.4) is 0 Å². The van der Waals surface area contributed by atoms with Crippen LogP contribution in [0.15, 0.2) is 24.5 Å². The number of aromatic nitrogens is 3. The van der Waals surface area contributed by atoms with Crippen molar-refractivity contribution < 1.29 is 4.74 Å². The molecule has 5 nitrogen and oxygen atoms in total. The Hall–Kier alpha value is -1.43. The molecule has 0 radical (unpaired) electrons. The number of nitrogens with zero attached hydrogens (tertiary/aromatic N) is 3. The number of aryl methyl sites for hydroxylation is 1. The van der Waals surface area contributed by atoms with Gasteiger partial charge in [-0.15, -0.1) is 0 Å². The summed E-state index contributed by atoms with van der Waals surface area (Å²) >= 11 is 6.19. The van der Waals surface area contributed by atoms with E-state index in [4.69, 9.17) is 22.1 Å². The Bertz CT molecular complexity index is 555. The minimum atomic E-state index is -0.325. The van der Waals surface area contributed by atoms with Gasteiger partial charge in [0.2, 0.25) is 0 Å². The van der Waals surface area contributed by atoms with Gasteiger partial charge in [-0.1, -0.05) is 11.6 Å². The molecule has 0 aliphatic heterocycles. The van der Waals surface area contributed by atoms with Gasteiger partial charge in [0.1, 0.15) is 0 Å². The molecule has 0 aromatic carbocycles. The van der Waals surface area contributed by atoms with Crippen molar-refractivity contribution in [3.8, 4) is 0 Å². The number of rotatable bonds is 5. The molecule has 0 amide bonds. The summed E-state index contributed by atoms with van der Waals surface area (Å²) in [6, 6.07) is 3.52. The molecule has 0 aliphatic carbocycles. The lowest BCUT2D eigenvalue weighted by atomic mass is 10.1. The monoisotopic (exact) mass is 280 g/mol. The van der Waals surface area contributed by atoms with Crippen molar-refractivity contribution >= 4 is 11.6 Å². The minimum absolute atomic E-state index is 0.325. The first-order chi connectivity index (χ1) is 9.13. The van der Waals surface area contributed by atoms with Gasteiger partial charge in [0.05, 0.1) is 36.1 Å². The predicted octanol–water partition coefficient (Wildman–Crippen LogP) is 1.93. The fourth-order valence-corrected chi connectivity index (χ4v) is 2.21. The molecule has 0 spiro atoms. The summed E-state index contributed by atoms with van der Waals surface area (Å²) in [4.78, 5) is 4.17. The van der Waals surface area contributed by atoms with Crippen LogP contribution in [0.25, 0.3) is 0 Å². The van der Waals surface area contributed by atoms with Crippen LogP contribution in [0.2, 0.25) is 5.02 Å². The topological polar surface area (TPSA) is 66.0 Å². The zero-order chi connectivity index (χ0) is 13.8. The largest absolute Gasteiger partial charge is 0.383 e. The van der Waals surface area contributed by atoms with Crippen molar-refractivity contribution in [3.05, 3.63) is 46.5 Å². The molecule has 2 heterocycles. The first-order valence-electron chi connectivity index (χ1n) is 6.01. The average molecular weight is 281 g/mol. The SMILES string of the molecule is COCCn1ncc(Cl)c1C(N)c1ccnc(C)c1. The molecule has 19 heavy (non-hydrogen) atoms. The highest BCUT2D eigenvalue weighted by Gasteiger charge is 2.18. The van der Waals surface area contributed by atoms with Crippen molar-refractivity contribution in [2.45, 2.75) is 19.5 Å². The summed E-state index contributed by atoms with van der Waals surface area (Å²) in [6.07, 6.45) is 3.36. The highest BCUT2D eigenvalue weighted by Crippen LogP contribution is 2.26. The summed E-state index contributed by atoms with van der Waals surface area (Å²) in [5.41, 5.74) is 8.97. The molecular formula is C13H17ClN4O.